The van der Waals surface area contributed by atoms with E-state index < -0.39 is 5.60 Å². The van der Waals surface area contributed by atoms with E-state index in [1.54, 1.807) is 10.9 Å². The van der Waals surface area contributed by atoms with Crippen LogP contribution in [0.4, 0.5) is 0 Å². The van der Waals surface area contributed by atoms with Crippen LogP contribution in [0.5, 0.6) is 0 Å². The second-order valence-corrected chi connectivity index (χ2v) is 6.30. The number of aryl methyl sites for hydroxylation is 1. The van der Waals surface area contributed by atoms with Gasteiger partial charge in [0.2, 0.25) is 0 Å². The number of hydrogen-bond acceptors (Lipinski definition) is 5. The average molecular weight is 308 g/mol. The van der Waals surface area contributed by atoms with Gasteiger partial charge in [0, 0.05) is 31.9 Å². The van der Waals surface area contributed by atoms with E-state index in [0.717, 1.165) is 18.4 Å². The van der Waals surface area contributed by atoms with Crippen LogP contribution in [-0.4, -0.2) is 59.0 Å². The van der Waals surface area contributed by atoms with Crippen LogP contribution < -0.4 is 5.73 Å². The van der Waals surface area contributed by atoms with Crippen LogP contribution in [0.15, 0.2) is 12.4 Å². The molecule has 1 aromatic heterocycles. The van der Waals surface area contributed by atoms with E-state index in [4.69, 9.17) is 15.2 Å². The summed E-state index contributed by atoms with van der Waals surface area (Å²) in [6, 6.07) is 0. The maximum atomic E-state index is 12.7. The Morgan fingerprint density at radius 1 is 1.55 bits per heavy atom. The van der Waals surface area contributed by atoms with E-state index in [2.05, 4.69) is 5.10 Å². The summed E-state index contributed by atoms with van der Waals surface area (Å²) in [5.41, 5.74) is 6.08. The topological polar surface area (TPSA) is 82.6 Å². The molecule has 0 bridgehead atoms. The van der Waals surface area contributed by atoms with E-state index in [-0.39, 0.29) is 18.1 Å². The van der Waals surface area contributed by atoms with E-state index in [0.29, 0.717) is 26.2 Å². The van der Waals surface area contributed by atoms with Crippen LogP contribution in [0.3, 0.4) is 0 Å². The van der Waals surface area contributed by atoms with Crippen molar-refractivity contribution in [2.24, 2.45) is 12.8 Å². The normalized spacial score (nSPS) is 32.4. The van der Waals surface area contributed by atoms with Gasteiger partial charge in [-0.1, -0.05) is 0 Å². The Morgan fingerprint density at radius 2 is 2.36 bits per heavy atom. The van der Waals surface area contributed by atoms with Gasteiger partial charge in [-0.15, -0.1) is 0 Å². The molecule has 1 aromatic rings. The molecule has 3 rings (SSSR count). The number of hydrogen-bond donors (Lipinski definition) is 1. The van der Waals surface area contributed by atoms with Gasteiger partial charge in [-0.2, -0.15) is 5.10 Å². The molecule has 0 spiro atoms. The average Bonchev–Trinajstić information content (AvgIpc) is 3.15. The summed E-state index contributed by atoms with van der Waals surface area (Å²) < 4.78 is 13.4. The predicted octanol–water partition coefficient (Wildman–Crippen LogP) is 0.000400. The minimum atomic E-state index is -0.520. The van der Waals surface area contributed by atoms with Crippen LogP contribution >= 0.6 is 0 Å². The Kier molecular flexibility index (Phi) is 4.20. The van der Waals surface area contributed by atoms with Crippen molar-refractivity contribution in [3.63, 3.8) is 0 Å². The molecule has 2 fully saturated rings. The van der Waals surface area contributed by atoms with Crippen molar-refractivity contribution in [3.05, 3.63) is 18.0 Å². The second-order valence-electron chi connectivity index (χ2n) is 6.30. The van der Waals surface area contributed by atoms with Crippen LogP contribution in [0.25, 0.3) is 0 Å². The number of carbonyl (C=O) groups excluding carboxylic acids is 1. The standard InChI is InChI=1S/C15H24N4O3/c1-15(11-8-17-18(2)9-11)10-19(5-6-21-15)14(20)13-4-3-12(7-16)22-13/h8-9,12-13H,3-7,10,16H2,1-2H3/t12-,13+,15?/m1/s1. The highest BCUT2D eigenvalue weighted by atomic mass is 16.5. The molecule has 0 radical (unpaired) electrons. The fraction of sp³-hybridized carbons (Fsp3) is 0.733. The lowest BCUT2D eigenvalue weighted by molar-refractivity contribution is -0.159. The van der Waals surface area contributed by atoms with Gasteiger partial charge in [-0.3, -0.25) is 9.48 Å². The Labute approximate surface area is 130 Å². The molecule has 0 aromatic carbocycles. The molecule has 3 atom stereocenters. The lowest BCUT2D eigenvalue weighted by Crippen LogP contribution is -2.53. The Hall–Kier alpha value is -1.44. The van der Waals surface area contributed by atoms with Crippen molar-refractivity contribution in [1.29, 1.82) is 0 Å². The first-order valence-corrected chi connectivity index (χ1v) is 7.79. The predicted molar refractivity (Wildman–Crippen MR) is 80.0 cm³/mol. The Morgan fingerprint density at radius 3 is 3.00 bits per heavy atom. The molecule has 7 nitrogen and oxygen atoms in total. The molecule has 22 heavy (non-hydrogen) atoms. The monoisotopic (exact) mass is 308 g/mol. The summed E-state index contributed by atoms with van der Waals surface area (Å²) in [6.45, 7) is 4.11. The molecule has 3 heterocycles. The third-order valence-corrected chi connectivity index (χ3v) is 4.55. The maximum absolute atomic E-state index is 12.7. The lowest BCUT2D eigenvalue weighted by Gasteiger charge is -2.40. The van der Waals surface area contributed by atoms with Gasteiger partial charge in [0.05, 0.1) is 25.5 Å². The molecule has 1 unspecified atom stereocenters. The summed E-state index contributed by atoms with van der Waals surface area (Å²) in [6.07, 6.45) is 5.00. The lowest BCUT2D eigenvalue weighted by atomic mass is 9.96. The van der Waals surface area contributed by atoms with E-state index >= 15 is 0 Å². The number of amides is 1. The van der Waals surface area contributed by atoms with Crippen LogP contribution in [0.1, 0.15) is 25.3 Å². The Balaban J connectivity index is 1.69. The fourth-order valence-electron chi connectivity index (χ4n) is 3.19. The van der Waals surface area contributed by atoms with Gasteiger partial charge in [0.15, 0.2) is 0 Å². The molecule has 7 heteroatoms. The number of carbonyl (C=O) groups is 1. The molecule has 122 valence electrons. The molecular weight excluding hydrogens is 284 g/mol. The first kappa shape index (κ1) is 15.5. The zero-order valence-electron chi connectivity index (χ0n) is 13.2. The summed E-state index contributed by atoms with van der Waals surface area (Å²) in [7, 11) is 1.87. The molecule has 2 aliphatic heterocycles. The summed E-state index contributed by atoms with van der Waals surface area (Å²) >= 11 is 0. The largest absolute Gasteiger partial charge is 0.367 e. The van der Waals surface area contributed by atoms with Crippen molar-refractivity contribution in [3.8, 4) is 0 Å². The van der Waals surface area contributed by atoms with Crippen LogP contribution in [0.2, 0.25) is 0 Å². The summed E-state index contributed by atoms with van der Waals surface area (Å²) in [5, 5.41) is 4.20. The van der Waals surface area contributed by atoms with E-state index in [1.165, 1.54) is 0 Å². The molecule has 0 saturated carbocycles. The van der Waals surface area contributed by atoms with Gasteiger partial charge < -0.3 is 20.1 Å². The number of nitrogens with zero attached hydrogens (tertiary/aromatic N) is 3. The van der Waals surface area contributed by atoms with Gasteiger partial charge in [0.25, 0.3) is 5.91 Å². The van der Waals surface area contributed by atoms with Gasteiger partial charge in [0.1, 0.15) is 11.7 Å². The number of rotatable bonds is 3. The van der Waals surface area contributed by atoms with Gasteiger partial charge in [-0.05, 0) is 19.8 Å². The second kappa shape index (κ2) is 5.98. The van der Waals surface area contributed by atoms with Crippen molar-refractivity contribution in [1.82, 2.24) is 14.7 Å². The van der Waals surface area contributed by atoms with Crippen molar-refractivity contribution in [2.45, 2.75) is 37.6 Å². The number of ether oxygens (including phenoxy) is 2. The van der Waals surface area contributed by atoms with Crippen molar-refractivity contribution >= 4 is 5.91 Å². The number of nitrogens with two attached hydrogens (primary N) is 1. The maximum Gasteiger partial charge on any atom is 0.251 e. The summed E-state index contributed by atoms with van der Waals surface area (Å²) in [4.78, 5) is 14.5. The van der Waals surface area contributed by atoms with Crippen LogP contribution in [-0.2, 0) is 26.9 Å². The molecule has 0 aliphatic carbocycles. The molecule has 2 aliphatic rings. The Bertz CT molecular complexity index is 547. The quantitative estimate of drug-likeness (QED) is 0.850. The van der Waals surface area contributed by atoms with Gasteiger partial charge >= 0.3 is 0 Å². The zero-order chi connectivity index (χ0) is 15.7. The van der Waals surface area contributed by atoms with Crippen molar-refractivity contribution < 1.29 is 14.3 Å². The molecule has 2 N–H and O–H groups in total. The third kappa shape index (κ3) is 2.88. The minimum absolute atomic E-state index is 0.0136. The first-order valence-electron chi connectivity index (χ1n) is 7.79. The number of aromatic nitrogens is 2. The highest BCUT2D eigenvalue weighted by Gasteiger charge is 2.40. The van der Waals surface area contributed by atoms with Gasteiger partial charge in [-0.25, -0.2) is 0 Å². The van der Waals surface area contributed by atoms with Crippen molar-refractivity contribution in [2.75, 3.05) is 26.2 Å². The minimum Gasteiger partial charge on any atom is -0.367 e. The molecule has 1 amide bonds. The fourth-order valence-corrected chi connectivity index (χ4v) is 3.19. The highest BCUT2D eigenvalue weighted by Crippen LogP contribution is 2.30. The van der Waals surface area contributed by atoms with E-state index in [1.807, 2.05) is 25.1 Å². The number of morpholine rings is 1. The SMILES string of the molecule is Cn1cc(C2(C)CN(C(=O)[C@@H]3CC[C@H](CN)O3)CCO2)cn1. The highest BCUT2D eigenvalue weighted by molar-refractivity contribution is 5.81. The van der Waals surface area contributed by atoms with E-state index in [9.17, 15) is 4.79 Å². The molecule has 2 saturated heterocycles. The first-order chi connectivity index (χ1) is 10.5. The smallest absolute Gasteiger partial charge is 0.251 e. The molecular formula is C15H24N4O3. The zero-order valence-corrected chi connectivity index (χ0v) is 13.2. The third-order valence-electron chi connectivity index (χ3n) is 4.55. The summed E-state index contributed by atoms with van der Waals surface area (Å²) in [5.74, 6) is 0.0503. The van der Waals surface area contributed by atoms with Crippen LogP contribution in [0, 0.1) is 0 Å².